The zero-order chi connectivity index (χ0) is 14.8. The second-order valence-electron chi connectivity index (χ2n) is 5.12. The van der Waals surface area contributed by atoms with Gasteiger partial charge in [-0.3, -0.25) is 0 Å². The van der Waals surface area contributed by atoms with E-state index in [0.29, 0.717) is 4.90 Å². The van der Waals surface area contributed by atoms with E-state index in [1.807, 2.05) is 37.9 Å². The van der Waals surface area contributed by atoms with E-state index < -0.39 is 10.0 Å². The minimum absolute atomic E-state index is 0.126. The highest BCUT2D eigenvalue weighted by atomic mass is 32.2. The third-order valence-corrected chi connectivity index (χ3v) is 6.98. The van der Waals surface area contributed by atoms with Crippen LogP contribution in [0.3, 0.4) is 0 Å². The number of hydrogen-bond acceptors (Lipinski definition) is 4. The highest BCUT2D eigenvalue weighted by molar-refractivity contribution is 7.99. The standard InChI is InChI=1S/C14H22N2O2S2/c1-11(15-2)12-4-6-14(7-5-12)20(17,18)16(3)13-8-9-19-10-13/h4-7,11,13,15H,8-10H2,1-3H3. The summed E-state index contributed by atoms with van der Waals surface area (Å²) in [4.78, 5) is 0.379. The molecular formula is C14H22N2O2S2. The minimum atomic E-state index is -3.37. The summed E-state index contributed by atoms with van der Waals surface area (Å²) < 4.78 is 26.7. The van der Waals surface area contributed by atoms with Crippen molar-refractivity contribution in [1.29, 1.82) is 0 Å². The molecule has 0 aliphatic carbocycles. The number of hydrogen-bond donors (Lipinski definition) is 1. The van der Waals surface area contributed by atoms with Gasteiger partial charge in [-0.1, -0.05) is 12.1 Å². The van der Waals surface area contributed by atoms with Crippen LogP contribution >= 0.6 is 11.8 Å². The third-order valence-electron chi connectivity index (χ3n) is 3.91. The van der Waals surface area contributed by atoms with Crippen molar-refractivity contribution in [3.63, 3.8) is 0 Å². The van der Waals surface area contributed by atoms with Crippen molar-refractivity contribution in [2.24, 2.45) is 0 Å². The van der Waals surface area contributed by atoms with Crippen LogP contribution in [0.4, 0.5) is 0 Å². The van der Waals surface area contributed by atoms with Gasteiger partial charge >= 0.3 is 0 Å². The summed E-state index contributed by atoms with van der Waals surface area (Å²) in [7, 11) is 0.208. The smallest absolute Gasteiger partial charge is 0.243 e. The van der Waals surface area contributed by atoms with Crippen molar-refractivity contribution in [2.45, 2.75) is 30.3 Å². The number of rotatable bonds is 5. The second kappa shape index (κ2) is 6.47. The van der Waals surface area contributed by atoms with Gasteiger partial charge in [0.25, 0.3) is 0 Å². The van der Waals surface area contributed by atoms with Crippen molar-refractivity contribution < 1.29 is 8.42 Å². The Morgan fingerprint density at radius 1 is 1.35 bits per heavy atom. The fraction of sp³-hybridized carbons (Fsp3) is 0.571. The molecule has 20 heavy (non-hydrogen) atoms. The summed E-state index contributed by atoms with van der Waals surface area (Å²) in [6.07, 6.45) is 0.940. The van der Waals surface area contributed by atoms with Gasteiger partial charge in [0.2, 0.25) is 10.0 Å². The van der Waals surface area contributed by atoms with Crippen LogP contribution in [0.1, 0.15) is 24.9 Å². The van der Waals surface area contributed by atoms with E-state index in [0.717, 1.165) is 23.5 Å². The van der Waals surface area contributed by atoms with Gasteiger partial charge in [-0.05, 0) is 43.8 Å². The maximum Gasteiger partial charge on any atom is 0.243 e. The molecule has 2 atom stereocenters. The first-order chi connectivity index (χ1) is 9.46. The lowest BCUT2D eigenvalue weighted by molar-refractivity contribution is 0.394. The summed E-state index contributed by atoms with van der Waals surface area (Å²) in [5, 5.41) is 3.14. The molecule has 0 bridgehead atoms. The second-order valence-corrected chi connectivity index (χ2v) is 8.27. The molecule has 112 valence electrons. The van der Waals surface area contributed by atoms with Crippen molar-refractivity contribution in [1.82, 2.24) is 9.62 Å². The fourth-order valence-corrected chi connectivity index (χ4v) is 5.01. The van der Waals surface area contributed by atoms with E-state index in [1.54, 1.807) is 19.2 Å². The maximum atomic E-state index is 12.6. The van der Waals surface area contributed by atoms with Crippen molar-refractivity contribution >= 4 is 21.8 Å². The average Bonchev–Trinajstić information content (AvgIpc) is 2.99. The Kier molecular flexibility index (Phi) is 5.12. The van der Waals surface area contributed by atoms with Gasteiger partial charge in [-0.15, -0.1) is 0 Å². The van der Waals surface area contributed by atoms with Gasteiger partial charge in [0.1, 0.15) is 0 Å². The van der Waals surface area contributed by atoms with Crippen molar-refractivity contribution in [3.8, 4) is 0 Å². The summed E-state index contributed by atoms with van der Waals surface area (Å²) in [6.45, 7) is 2.05. The van der Waals surface area contributed by atoms with E-state index in [4.69, 9.17) is 0 Å². The molecule has 1 aliphatic heterocycles. The Hall–Kier alpha value is -0.560. The summed E-state index contributed by atoms with van der Waals surface area (Å²) in [6, 6.07) is 7.52. The van der Waals surface area contributed by atoms with Crippen LogP contribution < -0.4 is 5.32 Å². The molecule has 1 heterocycles. The molecule has 0 aromatic heterocycles. The van der Waals surface area contributed by atoms with Crippen LogP contribution in [0, 0.1) is 0 Å². The Morgan fingerprint density at radius 2 is 2.00 bits per heavy atom. The van der Waals surface area contributed by atoms with E-state index >= 15 is 0 Å². The largest absolute Gasteiger partial charge is 0.313 e. The average molecular weight is 314 g/mol. The molecule has 1 N–H and O–H groups in total. The molecule has 0 spiro atoms. The van der Waals surface area contributed by atoms with Crippen molar-refractivity contribution in [3.05, 3.63) is 29.8 Å². The SMILES string of the molecule is CNC(C)c1ccc(S(=O)(=O)N(C)C2CCSC2)cc1. The zero-order valence-corrected chi connectivity index (χ0v) is 13.8. The van der Waals surface area contributed by atoms with E-state index in [9.17, 15) is 8.42 Å². The molecule has 6 heteroatoms. The van der Waals surface area contributed by atoms with Crippen LogP contribution in [0.15, 0.2) is 29.2 Å². The predicted octanol–water partition coefficient (Wildman–Crippen LogP) is 2.09. The molecule has 2 unspecified atom stereocenters. The lowest BCUT2D eigenvalue weighted by Gasteiger charge is -2.23. The van der Waals surface area contributed by atoms with Gasteiger partial charge in [-0.2, -0.15) is 16.1 Å². The number of sulfonamides is 1. The Morgan fingerprint density at radius 3 is 2.50 bits per heavy atom. The molecular weight excluding hydrogens is 292 g/mol. The van der Waals surface area contributed by atoms with Gasteiger partial charge < -0.3 is 5.32 Å². The fourth-order valence-electron chi connectivity index (χ4n) is 2.27. The molecule has 0 amide bonds. The molecule has 1 saturated heterocycles. The molecule has 1 aromatic rings. The first kappa shape index (κ1) is 15.8. The molecule has 4 nitrogen and oxygen atoms in total. The summed E-state index contributed by atoms with van der Waals surface area (Å²) in [5.41, 5.74) is 1.09. The van der Waals surface area contributed by atoms with Gasteiger partial charge in [0.05, 0.1) is 4.90 Å². The Balaban J connectivity index is 2.20. The number of nitrogens with one attached hydrogen (secondary N) is 1. The van der Waals surface area contributed by atoms with Crippen LogP contribution in [-0.4, -0.2) is 44.4 Å². The molecule has 0 saturated carbocycles. The van der Waals surface area contributed by atoms with Crippen LogP contribution in [-0.2, 0) is 10.0 Å². The van der Waals surface area contributed by atoms with Gasteiger partial charge in [0, 0.05) is 24.9 Å². The Labute approximate surface area is 126 Å². The monoisotopic (exact) mass is 314 g/mol. The maximum absolute atomic E-state index is 12.6. The quantitative estimate of drug-likeness (QED) is 0.904. The molecule has 0 radical (unpaired) electrons. The third kappa shape index (κ3) is 3.19. The molecule has 1 aromatic carbocycles. The number of benzene rings is 1. The van der Waals surface area contributed by atoms with Gasteiger partial charge in [-0.25, -0.2) is 8.42 Å². The molecule has 1 aliphatic rings. The van der Waals surface area contributed by atoms with Crippen molar-refractivity contribution in [2.75, 3.05) is 25.6 Å². The minimum Gasteiger partial charge on any atom is -0.313 e. The van der Waals surface area contributed by atoms with E-state index in [-0.39, 0.29) is 12.1 Å². The van der Waals surface area contributed by atoms with E-state index in [1.165, 1.54) is 4.31 Å². The first-order valence-electron chi connectivity index (χ1n) is 6.80. The Bertz CT molecular complexity index is 537. The van der Waals surface area contributed by atoms with Crippen LogP contribution in [0.2, 0.25) is 0 Å². The normalized spacial score (nSPS) is 21.3. The van der Waals surface area contributed by atoms with Gasteiger partial charge in [0.15, 0.2) is 0 Å². The topological polar surface area (TPSA) is 49.4 Å². The van der Waals surface area contributed by atoms with Crippen LogP contribution in [0.5, 0.6) is 0 Å². The van der Waals surface area contributed by atoms with E-state index in [2.05, 4.69) is 5.32 Å². The molecule has 2 rings (SSSR count). The summed E-state index contributed by atoms with van der Waals surface area (Å²) in [5.74, 6) is 1.94. The lowest BCUT2D eigenvalue weighted by atomic mass is 10.1. The lowest BCUT2D eigenvalue weighted by Crippen LogP contribution is -2.36. The zero-order valence-electron chi connectivity index (χ0n) is 12.2. The highest BCUT2D eigenvalue weighted by Crippen LogP contribution is 2.26. The van der Waals surface area contributed by atoms with Crippen LogP contribution in [0.25, 0.3) is 0 Å². The highest BCUT2D eigenvalue weighted by Gasteiger charge is 2.30. The predicted molar refractivity (Wildman–Crippen MR) is 84.6 cm³/mol. The number of nitrogens with zero attached hydrogens (tertiary/aromatic N) is 1. The molecule has 1 fully saturated rings. The summed E-state index contributed by atoms with van der Waals surface area (Å²) >= 11 is 1.82. The first-order valence-corrected chi connectivity index (χ1v) is 9.39. The number of thioether (sulfide) groups is 1.